The number of hydrogen-bond donors (Lipinski definition) is 2. The first-order chi connectivity index (χ1) is 15.6. The predicted octanol–water partition coefficient (Wildman–Crippen LogP) is 3.45. The van der Waals surface area contributed by atoms with Crippen LogP contribution >= 0.6 is 0 Å². The molecule has 2 aromatic rings. The summed E-state index contributed by atoms with van der Waals surface area (Å²) in [6.07, 6.45) is 0.338. The largest absolute Gasteiger partial charge is 0.392 e. The molecule has 2 atom stereocenters. The maximum absolute atomic E-state index is 13.6. The zero-order chi connectivity index (χ0) is 24.2. The Balaban J connectivity index is 1.84. The van der Waals surface area contributed by atoms with E-state index in [0.717, 1.165) is 5.56 Å². The molecule has 8 heteroatoms. The summed E-state index contributed by atoms with van der Waals surface area (Å²) in [5.41, 5.74) is 2.93. The second-order valence-corrected chi connectivity index (χ2v) is 10.9. The fourth-order valence-electron chi connectivity index (χ4n) is 4.08. The normalized spacial score (nSPS) is 17.4. The molecule has 0 saturated heterocycles. The Kier molecular flexibility index (Phi) is 8.05. The summed E-state index contributed by atoms with van der Waals surface area (Å²) in [6.45, 7) is 5.95. The highest BCUT2D eigenvalue weighted by molar-refractivity contribution is 7.89. The molecule has 0 saturated carbocycles. The van der Waals surface area contributed by atoms with Crippen LogP contribution in [0.5, 0.6) is 0 Å². The van der Waals surface area contributed by atoms with Gasteiger partial charge < -0.3 is 10.4 Å². The molecule has 7 nitrogen and oxygen atoms in total. The molecular formula is C25H33N3O4S. The molecule has 1 heterocycles. The van der Waals surface area contributed by atoms with Gasteiger partial charge in [0.2, 0.25) is 15.9 Å². The number of rotatable bonds is 10. The van der Waals surface area contributed by atoms with Crippen molar-refractivity contribution in [3.05, 3.63) is 59.7 Å². The van der Waals surface area contributed by atoms with Gasteiger partial charge in [-0.3, -0.25) is 9.79 Å². The van der Waals surface area contributed by atoms with Gasteiger partial charge in [0.05, 0.1) is 11.0 Å². The van der Waals surface area contributed by atoms with E-state index in [1.807, 2.05) is 44.2 Å². The van der Waals surface area contributed by atoms with E-state index in [0.29, 0.717) is 29.8 Å². The zero-order valence-electron chi connectivity index (χ0n) is 19.7. The lowest BCUT2D eigenvalue weighted by Gasteiger charge is -2.26. The highest BCUT2D eigenvalue weighted by Crippen LogP contribution is 2.36. The highest BCUT2D eigenvalue weighted by Gasteiger charge is 2.35. The number of carbonyl (C=O) groups is 1. The van der Waals surface area contributed by atoms with Gasteiger partial charge in [-0.25, -0.2) is 8.42 Å². The average Bonchev–Trinajstić information content (AvgIpc) is 3.12. The number of hydrogen-bond acceptors (Lipinski definition) is 5. The van der Waals surface area contributed by atoms with E-state index in [1.54, 1.807) is 26.1 Å². The van der Waals surface area contributed by atoms with Crippen molar-refractivity contribution in [1.29, 1.82) is 0 Å². The molecule has 2 unspecified atom stereocenters. The van der Waals surface area contributed by atoms with Crippen LogP contribution in [-0.4, -0.2) is 55.7 Å². The molecular weight excluding hydrogens is 438 g/mol. The maximum atomic E-state index is 13.6. The molecule has 1 amide bonds. The third-order valence-electron chi connectivity index (χ3n) is 5.85. The summed E-state index contributed by atoms with van der Waals surface area (Å²) in [5.74, 6) is -0.728. The fourth-order valence-corrected chi connectivity index (χ4v) is 5.75. The lowest BCUT2D eigenvalue weighted by Crippen LogP contribution is -2.40. The molecule has 2 aromatic carbocycles. The molecule has 33 heavy (non-hydrogen) atoms. The van der Waals surface area contributed by atoms with Gasteiger partial charge in [-0.15, -0.1) is 0 Å². The van der Waals surface area contributed by atoms with Gasteiger partial charge in [-0.05, 0) is 55.0 Å². The fraction of sp³-hybridized carbons (Fsp3) is 0.440. The van der Waals surface area contributed by atoms with Crippen molar-refractivity contribution in [2.24, 2.45) is 10.9 Å². The van der Waals surface area contributed by atoms with Crippen LogP contribution in [0.25, 0.3) is 0 Å². The second-order valence-electron chi connectivity index (χ2n) is 8.93. The van der Waals surface area contributed by atoms with Crippen molar-refractivity contribution < 1.29 is 18.3 Å². The Bertz CT molecular complexity index is 1110. The quantitative estimate of drug-likeness (QED) is 0.519. The average molecular weight is 472 g/mol. The van der Waals surface area contributed by atoms with Gasteiger partial charge >= 0.3 is 0 Å². The number of anilines is 1. The third kappa shape index (κ3) is 5.88. The number of sulfonamides is 1. The number of aliphatic imine (C=N–C) groups is 1. The lowest BCUT2D eigenvalue weighted by atomic mass is 9.96. The van der Waals surface area contributed by atoms with Crippen molar-refractivity contribution in [1.82, 2.24) is 4.31 Å². The molecule has 1 aliphatic heterocycles. The van der Waals surface area contributed by atoms with Crippen LogP contribution < -0.4 is 5.32 Å². The molecule has 0 bridgehead atoms. The van der Waals surface area contributed by atoms with Crippen LogP contribution in [0.2, 0.25) is 0 Å². The molecule has 178 valence electrons. The molecule has 0 fully saturated rings. The molecule has 0 spiro atoms. The Morgan fingerprint density at radius 2 is 1.85 bits per heavy atom. The first-order valence-electron chi connectivity index (χ1n) is 11.2. The Morgan fingerprint density at radius 3 is 2.48 bits per heavy atom. The van der Waals surface area contributed by atoms with Crippen LogP contribution in [0.3, 0.4) is 0 Å². The molecule has 0 aromatic heterocycles. The van der Waals surface area contributed by atoms with Crippen molar-refractivity contribution in [3.63, 3.8) is 0 Å². The monoisotopic (exact) mass is 471 g/mol. The summed E-state index contributed by atoms with van der Waals surface area (Å²) in [7, 11) is -2.26. The van der Waals surface area contributed by atoms with Gasteiger partial charge in [0.1, 0.15) is 5.92 Å². The highest BCUT2D eigenvalue weighted by atomic mass is 32.2. The predicted molar refractivity (Wildman–Crippen MR) is 131 cm³/mol. The SMILES string of the molecule is CN=C(C)C1C(=O)Nc2ccc(S(=O)(=O)N(CC(C)C)CC(O)CCc3ccccc3)cc21. The number of aryl methyl sites for hydroxylation is 1. The summed E-state index contributed by atoms with van der Waals surface area (Å²) in [6, 6.07) is 14.5. The van der Waals surface area contributed by atoms with E-state index < -0.39 is 22.0 Å². The van der Waals surface area contributed by atoms with E-state index in [1.165, 1.54) is 10.4 Å². The Hall–Kier alpha value is -2.55. The number of carbonyl (C=O) groups excluding carboxylic acids is 1. The van der Waals surface area contributed by atoms with Crippen LogP contribution in [0.15, 0.2) is 58.4 Å². The van der Waals surface area contributed by atoms with Crippen molar-refractivity contribution in [2.45, 2.75) is 50.5 Å². The van der Waals surface area contributed by atoms with Gasteiger partial charge in [0, 0.05) is 31.5 Å². The first kappa shape index (κ1) is 25.1. The van der Waals surface area contributed by atoms with Gasteiger partial charge in [0.15, 0.2) is 0 Å². The number of nitrogens with zero attached hydrogens (tertiary/aromatic N) is 2. The number of nitrogens with one attached hydrogen (secondary N) is 1. The standard InChI is InChI=1S/C25H33N3O4S/c1-17(2)15-28(16-20(29)11-10-19-8-6-5-7-9-19)33(31,32)21-12-13-23-22(14-21)24(18(3)26-4)25(30)27-23/h5-9,12-14,17,20,24,29H,10-11,15-16H2,1-4H3,(H,27,30). The minimum Gasteiger partial charge on any atom is -0.392 e. The molecule has 0 radical (unpaired) electrons. The summed E-state index contributed by atoms with van der Waals surface area (Å²) < 4.78 is 28.5. The molecule has 2 N–H and O–H groups in total. The van der Waals surface area contributed by atoms with Gasteiger partial charge in [0.25, 0.3) is 0 Å². The van der Waals surface area contributed by atoms with Crippen LogP contribution in [-0.2, 0) is 21.2 Å². The van der Waals surface area contributed by atoms with Crippen LogP contribution in [0.4, 0.5) is 5.69 Å². The molecule has 3 rings (SSSR count). The smallest absolute Gasteiger partial charge is 0.243 e. The van der Waals surface area contributed by atoms with E-state index in [2.05, 4.69) is 10.3 Å². The number of aliphatic hydroxyl groups is 1. The van der Waals surface area contributed by atoms with Crippen molar-refractivity contribution >= 4 is 27.3 Å². The lowest BCUT2D eigenvalue weighted by molar-refractivity contribution is -0.115. The Morgan fingerprint density at radius 1 is 1.15 bits per heavy atom. The minimum absolute atomic E-state index is 0.0144. The zero-order valence-corrected chi connectivity index (χ0v) is 20.5. The topological polar surface area (TPSA) is 99.1 Å². The van der Waals surface area contributed by atoms with Gasteiger partial charge in [-0.2, -0.15) is 4.31 Å². The van der Waals surface area contributed by atoms with E-state index >= 15 is 0 Å². The van der Waals surface area contributed by atoms with Crippen molar-refractivity contribution in [2.75, 3.05) is 25.5 Å². The summed E-state index contributed by atoms with van der Waals surface area (Å²) >= 11 is 0. The molecule has 0 aliphatic carbocycles. The number of amides is 1. The van der Waals surface area contributed by atoms with Gasteiger partial charge in [-0.1, -0.05) is 44.2 Å². The summed E-state index contributed by atoms with van der Waals surface area (Å²) in [4.78, 5) is 16.7. The first-order valence-corrected chi connectivity index (χ1v) is 12.7. The number of fused-ring (bicyclic) bond motifs is 1. The number of benzene rings is 2. The van der Waals surface area contributed by atoms with Crippen LogP contribution in [0, 0.1) is 5.92 Å². The minimum atomic E-state index is -3.87. The Labute approximate surface area is 196 Å². The van der Waals surface area contributed by atoms with E-state index in [-0.39, 0.29) is 29.8 Å². The molecule has 1 aliphatic rings. The van der Waals surface area contributed by atoms with Crippen LogP contribution in [0.1, 0.15) is 44.2 Å². The third-order valence-corrected chi connectivity index (χ3v) is 7.68. The summed E-state index contributed by atoms with van der Waals surface area (Å²) in [5, 5.41) is 13.5. The van der Waals surface area contributed by atoms with E-state index in [4.69, 9.17) is 0 Å². The number of aliphatic hydroxyl groups excluding tert-OH is 1. The maximum Gasteiger partial charge on any atom is 0.243 e. The van der Waals surface area contributed by atoms with Crippen molar-refractivity contribution in [3.8, 4) is 0 Å². The van der Waals surface area contributed by atoms with E-state index in [9.17, 15) is 18.3 Å². The second kappa shape index (κ2) is 10.6.